The molecule has 4 aromatic heterocycles. The van der Waals surface area contributed by atoms with Crippen LogP contribution >= 0.6 is 11.3 Å². The molecule has 14 nitrogen and oxygen atoms in total. The van der Waals surface area contributed by atoms with Crippen LogP contribution in [0.4, 0.5) is 14.5 Å². The summed E-state index contributed by atoms with van der Waals surface area (Å²) in [4.78, 5) is 44.9. The highest BCUT2D eigenvalue weighted by Crippen LogP contribution is 2.45. The van der Waals surface area contributed by atoms with Crippen LogP contribution in [-0.4, -0.2) is 79.4 Å². The number of carbonyl (C=O) groups is 3. The van der Waals surface area contributed by atoms with E-state index in [-0.39, 0.29) is 62.8 Å². The number of nitrogens with zero attached hydrogens (tertiary/aromatic N) is 7. The third kappa shape index (κ3) is 6.65. The minimum atomic E-state index is -3.20. The summed E-state index contributed by atoms with van der Waals surface area (Å²) in [6, 6.07) is 8.32. The number of fused-ring (bicyclic) bond motifs is 2. The van der Waals surface area contributed by atoms with Crippen LogP contribution < -0.4 is 15.8 Å². The number of piperidine rings is 1. The zero-order valence-electron chi connectivity index (χ0n) is 25.8. The number of ether oxygens (including phenoxy) is 2. The first-order valence-corrected chi connectivity index (χ1v) is 16.2. The number of rotatable bonds is 11. The largest absolute Gasteiger partial charge is 0.434 e. The average Bonchev–Trinajstić information content (AvgIpc) is 3.36. The van der Waals surface area contributed by atoms with Crippen LogP contribution in [0, 0.1) is 16.7 Å². The van der Waals surface area contributed by atoms with Crippen LogP contribution in [0.3, 0.4) is 0 Å². The van der Waals surface area contributed by atoms with Gasteiger partial charge >= 0.3 is 6.61 Å². The van der Waals surface area contributed by atoms with Crippen LogP contribution in [-0.2, 0) is 16.1 Å². The number of hydrogen-bond donors (Lipinski definition) is 2. The molecule has 1 aliphatic carbocycles. The van der Waals surface area contributed by atoms with E-state index >= 15 is 0 Å². The van der Waals surface area contributed by atoms with Crippen molar-refractivity contribution in [2.45, 2.75) is 44.9 Å². The van der Waals surface area contributed by atoms with Gasteiger partial charge in [0.1, 0.15) is 23.6 Å². The first-order chi connectivity index (χ1) is 23.6. The minimum Gasteiger partial charge on any atom is -0.434 e. The molecule has 3 amide bonds. The monoisotopic (exact) mass is 689 g/mol. The number of nitrogens with one attached hydrogen (secondary N) is 1. The average molecular weight is 690 g/mol. The second kappa shape index (κ2) is 12.9. The molecule has 7 rings (SSSR count). The van der Waals surface area contributed by atoms with Crippen LogP contribution in [0.15, 0.2) is 49.1 Å². The van der Waals surface area contributed by atoms with Gasteiger partial charge in [-0.05, 0) is 55.3 Å². The van der Waals surface area contributed by atoms with E-state index in [1.54, 1.807) is 17.2 Å². The van der Waals surface area contributed by atoms with E-state index in [2.05, 4.69) is 26.6 Å². The maximum atomic E-state index is 13.7. The maximum Gasteiger partial charge on any atom is 0.387 e. The summed E-state index contributed by atoms with van der Waals surface area (Å²) < 4.78 is 41.5. The van der Waals surface area contributed by atoms with Gasteiger partial charge in [0.15, 0.2) is 5.65 Å². The molecule has 1 aliphatic heterocycles. The molecule has 0 atom stereocenters. The molecule has 3 N–H and O–H groups in total. The number of amides is 3. The highest BCUT2D eigenvalue weighted by Gasteiger charge is 2.44. The molecule has 2 fully saturated rings. The van der Waals surface area contributed by atoms with Crippen molar-refractivity contribution in [3.63, 3.8) is 0 Å². The summed E-state index contributed by atoms with van der Waals surface area (Å²) >= 11 is 1.06. The van der Waals surface area contributed by atoms with E-state index in [1.807, 2.05) is 0 Å². The fourth-order valence-electron chi connectivity index (χ4n) is 5.76. The lowest BCUT2D eigenvalue weighted by molar-refractivity contribution is -0.134. The number of primary amides is 1. The zero-order chi connectivity index (χ0) is 34.3. The second-order valence-electron chi connectivity index (χ2n) is 12.0. The van der Waals surface area contributed by atoms with Crippen molar-refractivity contribution in [3.8, 4) is 23.1 Å². The molecular weight excluding hydrogens is 660 g/mol. The smallest absolute Gasteiger partial charge is 0.387 e. The van der Waals surface area contributed by atoms with Gasteiger partial charge in [-0.15, -0.1) is 11.3 Å². The Morgan fingerprint density at radius 1 is 1.20 bits per heavy atom. The van der Waals surface area contributed by atoms with Gasteiger partial charge in [-0.1, -0.05) is 0 Å². The van der Waals surface area contributed by atoms with Gasteiger partial charge in [-0.2, -0.15) is 24.2 Å². The number of thiophene rings is 1. The van der Waals surface area contributed by atoms with Crippen molar-refractivity contribution in [2.24, 2.45) is 11.1 Å². The molecule has 2 aliphatic rings. The lowest BCUT2D eigenvalue weighted by Crippen LogP contribution is -2.42. The van der Waals surface area contributed by atoms with Gasteiger partial charge in [0.05, 0.1) is 41.0 Å². The standard InChI is InChI=1S/C32H29F2N9O5S/c33-31(34)48-23-10-18-11-25(28(36)45)49-24(18)12-20(23)27-22(39-30(46)21-13-38-43-7-1-6-37-29(21)43)14-42(40-27)15-26(44)41-8-2-19(3-9-41)47-17-32(16-35)4-5-32/h1,6-7,10-14,19,31H,2-5,8-9,15,17H2,(H2,36,45)(H,39,46). The molecule has 0 radical (unpaired) electrons. The van der Waals surface area contributed by atoms with Crippen molar-refractivity contribution < 1.29 is 32.6 Å². The summed E-state index contributed by atoms with van der Waals surface area (Å²) in [6.07, 6.45) is 8.81. The molecular formula is C32H29F2N9O5S. The molecule has 0 spiro atoms. The van der Waals surface area contributed by atoms with Gasteiger partial charge in [0.25, 0.3) is 11.8 Å². The Bertz CT molecular complexity index is 2130. The van der Waals surface area contributed by atoms with Crippen LogP contribution in [0.1, 0.15) is 45.7 Å². The normalized spacial score (nSPS) is 15.8. The summed E-state index contributed by atoms with van der Waals surface area (Å²) in [6.45, 7) is -2.10. The zero-order valence-corrected chi connectivity index (χ0v) is 26.7. The van der Waals surface area contributed by atoms with Gasteiger partial charge in [0, 0.05) is 41.9 Å². The van der Waals surface area contributed by atoms with Crippen molar-refractivity contribution in [3.05, 3.63) is 59.5 Å². The number of hydrogen-bond acceptors (Lipinski definition) is 10. The predicted molar refractivity (Wildman–Crippen MR) is 172 cm³/mol. The van der Waals surface area contributed by atoms with Gasteiger partial charge in [-0.3, -0.25) is 19.1 Å². The molecule has 0 unspecified atom stereocenters. The number of aromatic nitrogens is 5. The van der Waals surface area contributed by atoms with E-state index in [0.29, 0.717) is 42.6 Å². The quantitative estimate of drug-likeness (QED) is 0.206. The third-order valence-electron chi connectivity index (χ3n) is 8.64. The maximum absolute atomic E-state index is 13.7. The molecule has 5 heterocycles. The van der Waals surface area contributed by atoms with Gasteiger partial charge in [0.2, 0.25) is 5.91 Å². The van der Waals surface area contributed by atoms with Gasteiger partial charge < -0.3 is 25.4 Å². The molecule has 17 heteroatoms. The number of halogens is 2. The molecule has 1 saturated carbocycles. The first kappa shape index (κ1) is 32.1. The SMILES string of the molecule is N#CC1(COC2CCN(C(=O)Cn3cc(NC(=O)c4cnn5cccnc45)c(-c4cc5sc(C(N)=O)cc5cc4OC(F)F)n3)CC2)CC1. The molecule has 0 bridgehead atoms. The van der Waals surface area contributed by atoms with Crippen LogP contribution in [0.25, 0.3) is 27.0 Å². The summed E-state index contributed by atoms with van der Waals surface area (Å²) in [5.74, 6) is -1.78. The van der Waals surface area contributed by atoms with Crippen LogP contribution in [0.5, 0.6) is 5.75 Å². The van der Waals surface area contributed by atoms with Crippen molar-refractivity contribution in [1.29, 1.82) is 5.26 Å². The van der Waals surface area contributed by atoms with Crippen molar-refractivity contribution >= 4 is 50.5 Å². The second-order valence-corrected chi connectivity index (χ2v) is 13.1. The molecule has 49 heavy (non-hydrogen) atoms. The highest BCUT2D eigenvalue weighted by atomic mass is 32.1. The molecule has 1 saturated heterocycles. The number of nitriles is 1. The lowest BCUT2D eigenvalue weighted by Gasteiger charge is -2.32. The highest BCUT2D eigenvalue weighted by molar-refractivity contribution is 7.20. The van der Waals surface area contributed by atoms with E-state index in [0.717, 1.165) is 24.2 Å². The Hall–Kier alpha value is -5.47. The Morgan fingerprint density at radius 2 is 2.00 bits per heavy atom. The summed E-state index contributed by atoms with van der Waals surface area (Å²) in [5.41, 5.74) is 5.78. The van der Waals surface area contributed by atoms with E-state index in [1.165, 1.54) is 46.0 Å². The molecule has 5 aromatic rings. The number of likely N-dealkylation sites (tertiary alicyclic amines) is 1. The molecule has 252 valence electrons. The number of nitrogens with two attached hydrogens (primary N) is 1. The Labute approximate surface area is 281 Å². The fourth-order valence-corrected chi connectivity index (χ4v) is 6.70. The topological polar surface area (TPSA) is 183 Å². The fraction of sp³-hybridized carbons (Fsp3) is 0.344. The number of benzene rings is 1. The first-order valence-electron chi connectivity index (χ1n) is 15.4. The van der Waals surface area contributed by atoms with E-state index < -0.39 is 18.4 Å². The molecule has 1 aromatic carbocycles. The Kier molecular flexibility index (Phi) is 8.42. The van der Waals surface area contributed by atoms with Gasteiger partial charge in [-0.25, -0.2) is 9.50 Å². The van der Waals surface area contributed by atoms with Crippen molar-refractivity contribution in [1.82, 2.24) is 29.3 Å². The summed E-state index contributed by atoms with van der Waals surface area (Å²) in [7, 11) is 0. The van der Waals surface area contributed by atoms with E-state index in [9.17, 15) is 28.4 Å². The number of anilines is 1. The lowest BCUT2D eigenvalue weighted by atomic mass is 10.1. The number of carbonyl (C=O) groups excluding carboxylic acids is 3. The Balaban J connectivity index is 1.18. The van der Waals surface area contributed by atoms with Crippen LogP contribution in [0.2, 0.25) is 0 Å². The summed E-state index contributed by atoms with van der Waals surface area (Å²) in [5, 5.41) is 21.3. The third-order valence-corrected chi connectivity index (χ3v) is 9.76. The van der Waals surface area contributed by atoms with Crippen molar-refractivity contribution in [2.75, 3.05) is 25.0 Å². The predicted octanol–water partition coefficient (Wildman–Crippen LogP) is 4.07. The number of alkyl halides is 2. The Morgan fingerprint density at radius 3 is 2.71 bits per heavy atom. The minimum absolute atomic E-state index is 0.0436. The van der Waals surface area contributed by atoms with E-state index in [4.69, 9.17) is 15.2 Å².